The Morgan fingerprint density at radius 3 is 2.39 bits per heavy atom. The Morgan fingerprint density at radius 1 is 1.13 bits per heavy atom. The monoisotopic (exact) mass is 446 g/mol. The van der Waals surface area contributed by atoms with Crippen molar-refractivity contribution in [2.24, 2.45) is 0 Å². The highest BCUT2D eigenvalue weighted by molar-refractivity contribution is 6.31. The molecule has 0 saturated carbocycles. The average Bonchev–Trinajstić information content (AvgIpc) is 2.73. The van der Waals surface area contributed by atoms with E-state index in [-0.39, 0.29) is 24.2 Å². The van der Waals surface area contributed by atoms with Gasteiger partial charge in [-0.1, -0.05) is 25.4 Å². The van der Waals surface area contributed by atoms with E-state index in [9.17, 15) is 14.0 Å². The van der Waals surface area contributed by atoms with Crippen LogP contribution in [-0.4, -0.2) is 49.4 Å². The molecule has 166 valence electrons. The van der Waals surface area contributed by atoms with Crippen LogP contribution in [0.4, 0.5) is 10.1 Å². The number of Topliss-reactive ketones (excluding diaryl/α,β-unsaturated/α-hetero) is 1. The fraction of sp³-hybridized carbons (Fsp3) is 0.417. The summed E-state index contributed by atoms with van der Waals surface area (Å²) in [5, 5.41) is 0.682. The first kappa shape index (κ1) is 23.1. The molecule has 0 radical (unpaired) electrons. The van der Waals surface area contributed by atoms with Crippen LogP contribution < -0.4 is 9.64 Å². The van der Waals surface area contributed by atoms with Crippen molar-refractivity contribution in [3.05, 3.63) is 57.9 Å². The van der Waals surface area contributed by atoms with Crippen molar-refractivity contribution in [2.45, 2.75) is 33.6 Å². The fourth-order valence-corrected chi connectivity index (χ4v) is 3.83. The number of carbonyl (C=O) groups excluding carboxylic acids is 2. The maximum Gasteiger partial charge on any atom is 0.260 e. The number of aryl methyl sites for hydroxylation is 1. The topological polar surface area (TPSA) is 49.9 Å². The number of piperazine rings is 1. The third kappa shape index (κ3) is 5.37. The first-order valence-electron chi connectivity index (χ1n) is 10.4. The van der Waals surface area contributed by atoms with Crippen LogP contribution >= 0.6 is 11.6 Å². The number of hydrogen-bond donors (Lipinski definition) is 0. The molecule has 1 saturated heterocycles. The van der Waals surface area contributed by atoms with E-state index in [1.54, 1.807) is 17.0 Å². The number of ketones is 1. The first-order valence-corrected chi connectivity index (χ1v) is 10.8. The van der Waals surface area contributed by atoms with E-state index in [4.69, 9.17) is 16.3 Å². The van der Waals surface area contributed by atoms with Gasteiger partial charge in [0.2, 0.25) is 0 Å². The number of carbonyl (C=O) groups is 2. The number of rotatable bonds is 6. The quantitative estimate of drug-likeness (QED) is 0.596. The number of amides is 1. The summed E-state index contributed by atoms with van der Waals surface area (Å²) >= 11 is 6.23. The molecule has 7 heteroatoms. The van der Waals surface area contributed by atoms with Gasteiger partial charge in [-0.3, -0.25) is 9.59 Å². The SMILES string of the molecule is CC(=O)c1ccc(N2CCN(C(=O)COc3cc(C)c(Cl)cc3C(C)C)CC2)c(F)c1. The molecule has 1 aliphatic rings. The van der Waals surface area contributed by atoms with Gasteiger partial charge in [-0.2, -0.15) is 0 Å². The number of nitrogens with zero attached hydrogens (tertiary/aromatic N) is 2. The molecule has 0 aromatic heterocycles. The molecule has 3 rings (SSSR count). The molecule has 31 heavy (non-hydrogen) atoms. The number of ether oxygens (including phenoxy) is 1. The highest BCUT2D eigenvalue weighted by Gasteiger charge is 2.24. The molecular weight excluding hydrogens is 419 g/mol. The third-order valence-corrected chi connectivity index (χ3v) is 6.00. The molecule has 0 N–H and O–H groups in total. The highest BCUT2D eigenvalue weighted by atomic mass is 35.5. The standard InChI is InChI=1S/C24H28ClFN2O3/c1-15(2)19-13-20(25)16(3)11-23(19)31-14-24(30)28-9-7-27(8-10-28)22-6-5-18(17(4)29)12-21(22)26/h5-6,11-13,15H,7-10,14H2,1-4H3. The second-order valence-electron chi connectivity index (χ2n) is 8.17. The first-order chi connectivity index (χ1) is 14.7. The van der Waals surface area contributed by atoms with Crippen LogP contribution in [-0.2, 0) is 4.79 Å². The smallest absolute Gasteiger partial charge is 0.260 e. The molecule has 1 heterocycles. The number of halogens is 2. The maximum atomic E-state index is 14.4. The van der Waals surface area contributed by atoms with Crippen molar-refractivity contribution in [2.75, 3.05) is 37.7 Å². The number of hydrogen-bond acceptors (Lipinski definition) is 4. The van der Waals surface area contributed by atoms with Crippen LogP contribution in [0, 0.1) is 12.7 Å². The summed E-state index contributed by atoms with van der Waals surface area (Å²) in [6.45, 7) is 9.35. The molecular formula is C24H28ClFN2O3. The van der Waals surface area contributed by atoms with Gasteiger partial charge in [0.05, 0.1) is 5.69 Å². The summed E-state index contributed by atoms with van der Waals surface area (Å²) in [6.07, 6.45) is 0. The van der Waals surface area contributed by atoms with E-state index < -0.39 is 5.82 Å². The van der Waals surface area contributed by atoms with Crippen LogP contribution in [0.1, 0.15) is 48.2 Å². The van der Waals surface area contributed by atoms with Crippen molar-refractivity contribution in [1.82, 2.24) is 4.90 Å². The predicted octanol–water partition coefficient (Wildman–Crippen LogP) is 4.84. The minimum Gasteiger partial charge on any atom is -0.483 e. The Bertz CT molecular complexity index is 985. The zero-order valence-corrected chi connectivity index (χ0v) is 19.1. The molecule has 0 spiro atoms. The van der Waals surface area contributed by atoms with Crippen molar-refractivity contribution < 1.29 is 18.7 Å². The van der Waals surface area contributed by atoms with E-state index >= 15 is 0 Å². The van der Waals surface area contributed by atoms with Crippen molar-refractivity contribution >= 4 is 29.0 Å². The van der Waals surface area contributed by atoms with Gasteiger partial charge in [-0.05, 0) is 61.2 Å². The van der Waals surface area contributed by atoms with Gasteiger partial charge >= 0.3 is 0 Å². The van der Waals surface area contributed by atoms with Gasteiger partial charge in [-0.15, -0.1) is 0 Å². The fourth-order valence-electron chi connectivity index (χ4n) is 3.66. The lowest BCUT2D eigenvalue weighted by molar-refractivity contribution is -0.133. The van der Waals surface area contributed by atoms with E-state index in [0.29, 0.717) is 48.2 Å². The van der Waals surface area contributed by atoms with Crippen LogP contribution in [0.3, 0.4) is 0 Å². The second kappa shape index (κ2) is 9.69. The van der Waals surface area contributed by atoms with Crippen LogP contribution in [0.25, 0.3) is 0 Å². The van der Waals surface area contributed by atoms with Gasteiger partial charge in [0.1, 0.15) is 11.6 Å². The maximum absolute atomic E-state index is 14.4. The Balaban J connectivity index is 1.59. The second-order valence-corrected chi connectivity index (χ2v) is 8.58. The molecule has 1 amide bonds. The largest absolute Gasteiger partial charge is 0.483 e. The van der Waals surface area contributed by atoms with Gasteiger partial charge in [-0.25, -0.2) is 4.39 Å². The lowest BCUT2D eigenvalue weighted by Crippen LogP contribution is -2.50. The minimum absolute atomic E-state index is 0.0531. The van der Waals surface area contributed by atoms with Crippen molar-refractivity contribution in [3.63, 3.8) is 0 Å². The third-order valence-electron chi connectivity index (χ3n) is 5.59. The van der Waals surface area contributed by atoms with Crippen LogP contribution in [0.2, 0.25) is 5.02 Å². The Kier molecular flexibility index (Phi) is 7.21. The molecule has 0 bridgehead atoms. The van der Waals surface area contributed by atoms with Crippen LogP contribution in [0.15, 0.2) is 30.3 Å². The molecule has 1 fully saturated rings. The van der Waals surface area contributed by atoms with Gasteiger partial charge < -0.3 is 14.5 Å². The highest BCUT2D eigenvalue weighted by Crippen LogP contribution is 2.32. The van der Waals surface area contributed by atoms with E-state index in [2.05, 4.69) is 13.8 Å². The Labute approximate surface area is 187 Å². The van der Waals surface area contributed by atoms with E-state index in [1.165, 1.54) is 13.0 Å². The lowest BCUT2D eigenvalue weighted by Gasteiger charge is -2.36. The van der Waals surface area contributed by atoms with Crippen molar-refractivity contribution in [3.8, 4) is 5.75 Å². The minimum atomic E-state index is -0.421. The molecule has 5 nitrogen and oxygen atoms in total. The molecule has 2 aromatic rings. The summed E-state index contributed by atoms with van der Waals surface area (Å²) in [5.41, 5.74) is 2.68. The predicted molar refractivity (Wildman–Crippen MR) is 121 cm³/mol. The lowest BCUT2D eigenvalue weighted by atomic mass is 10.0. The molecule has 0 atom stereocenters. The molecule has 2 aromatic carbocycles. The zero-order valence-electron chi connectivity index (χ0n) is 18.4. The molecule has 0 unspecified atom stereocenters. The van der Waals surface area contributed by atoms with E-state index in [1.807, 2.05) is 24.0 Å². The summed E-state index contributed by atoms with van der Waals surface area (Å²) in [4.78, 5) is 27.7. The summed E-state index contributed by atoms with van der Waals surface area (Å²) in [7, 11) is 0. The Hall–Kier alpha value is -2.60. The summed E-state index contributed by atoms with van der Waals surface area (Å²) < 4.78 is 20.3. The van der Waals surface area contributed by atoms with Gasteiger partial charge in [0, 0.05) is 36.8 Å². The normalized spacial score (nSPS) is 14.2. The summed E-state index contributed by atoms with van der Waals surface area (Å²) in [5.74, 6) is 0.203. The van der Waals surface area contributed by atoms with Gasteiger partial charge in [0.15, 0.2) is 12.4 Å². The van der Waals surface area contributed by atoms with E-state index in [0.717, 1.165) is 11.1 Å². The zero-order chi connectivity index (χ0) is 22.7. The number of benzene rings is 2. The van der Waals surface area contributed by atoms with Gasteiger partial charge in [0.25, 0.3) is 5.91 Å². The number of anilines is 1. The molecule has 1 aliphatic heterocycles. The Morgan fingerprint density at radius 2 is 1.81 bits per heavy atom. The molecule has 0 aliphatic carbocycles. The average molecular weight is 447 g/mol. The van der Waals surface area contributed by atoms with Crippen LogP contribution in [0.5, 0.6) is 5.75 Å². The summed E-state index contributed by atoms with van der Waals surface area (Å²) in [6, 6.07) is 8.29. The van der Waals surface area contributed by atoms with Crippen molar-refractivity contribution in [1.29, 1.82) is 0 Å².